The molecule has 0 saturated carbocycles. The molecule has 0 fully saturated rings. The maximum absolute atomic E-state index is 11.9. The Kier molecular flexibility index (Phi) is 15.2. The zero-order valence-electron chi connectivity index (χ0n) is 17.5. The van der Waals surface area contributed by atoms with Crippen LogP contribution in [0.3, 0.4) is 0 Å². The second kappa shape index (κ2) is 15.5. The number of aliphatic hydroxyl groups is 1. The SMILES string of the molecule is CCCCCCCCCCCCCCCCCC(=O)C(O)(CC)S(=O)(=O)O. The molecule has 0 aromatic carbocycles. The molecule has 0 heterocycles. The molecule has 162 valence electrons. The van der Waals surface area contributed by atoms with Crippen molar-refractivity contribution >= 4 is 15.9 Å². The zero-order valence-corrected chi connectivity index (χ0v) is 18.4. The Hall–Kier alpha value is -0.460. The maximum atomic E-state index is 11.9. The van der Waals surface area contributed by atoms with Crippen molar-refractivity contribution in [1.82, 2.24) is 0 Å². The minimum absolute atomic E-state index is 0.0115. The highest BCUT2D eigenvalue weighted by Crippen LogP contribution is 2.22. The normalized spacial score (nSPS) is 14.2. The van der Waals surface area contributed by atoms with Crippen molar-refractivity contribution in [1.29, 1.82) is 0 Å². The van der Waals surface area contributed by atoms with E-state index in [9.17, 15) is 18.3 Å². The molecule has 2 N–H and O–H groups in total. The van der Waals surface area contributed by atoms with Gasteiger partial charge in [0.1, 0.15) is 0 Å². The van der Waals surface area contributed by atoms with E-state index in [1.165, 1.54) is 77.6 Å². The molecule has 0 amide bonds. The summed E-state index contributed by atoms with van der Waals surface area (Å²) < 4.78 is 31.4. The van der Waals surface area contributed by atoms with Gasteiger partial charge in [0, 0.05) is 6.42 Å². The van der Waals surface area contributed by atoms with Crippen molar-refractivity contribution in [2.75, 3.05) is 0 Å². The number of hydrogen-bond donors (Lipinski definition) is 2. The highest BCUT2D eigenvalue weighted by Gasteiger charge is 2.45. The summed E-state index contributed by atoms with van der Waals surface area (Å²) in [6, 6.07) is 0. The van der Waals surface area contributed by atoms with Gasteiger partial charge in [-0.05, 0) is 12.8 Å². The van der Waals surface area contributed by atoms with Gasteiger partial charge in [0.2, 0.25) is 4.93 Å². The van der Waals surface area contributed by atoms with E-state index in [4.69, 9.17) is 4.55 Å². The highest BCUT2D eigenvalue weighted by molar-refractivity contribution is 7.87. The summed E-state index contributed by atoms with van der Waals surface area (Å²) >= 11 is 0. The Morgan fingerprint density at radius 2 is 1.04 bits per heavy atom. The van der Waals surface area contributed by atoms with Gasteiger partial charge in [0.05, 0.1) is 0 Å². The van der Waals surface area contributed by atoms with Crippen molar-refractivity contribution in [3.05, 3.63) is 0 Å². The molecular formula is C21H42O5S. The van der Waals surface area contributed by atoms with E-state index in [1.807, 2.05) is 0 Å². The zero-order chi connectivity index (χ0) is 20.6. The largest absolute Gasteiger partial charge is 0.367 e. The molecule has 0 bridgehead atoms. The topological polar surface area (TPSA) is 91.7 Å². The minimum atomic E-state index is -4.78. The van der Waals surface area contributed by atoms with E-state index < -0.39 is 20.8 Å². The number of Topliss-reactive ketones (excluding diaryl/α,β-unsaturated/α-hetero) is 1. The van der Waals surface area contributed by atoms with Crippen LogP contribution >= 0.6 is 0 Å². The first kappa shape index (κ1) is 26.5. The molecule has 0 radical (unpaired) electrons. The van der Waals surface area contributed by atoms with Crippen LogP contribution in [0.5, 0.6) is 0 Å². The van der Waals surface area contributed by atoms with Crippen LogP contribution in [0.1, 0.15) is 123 Å². The van der Waals surface area contributed by atoms with E-state index in [-0.39, 0.29) is 12.8 Å². The predicted molar refractivity (Wildman–Crippen MR) is 111 cm³/mol. The lowest BCUT2D eigenvalue weighted by atomic mass is 10.0. The van der Waals surface area contributed by atoms with Crippen LogP contribution in [-0.4, -0.2) is 28.8 Å². The molecule has 1 unspecified atom stereocenters. The second-order valence-corrected chi connectivity index (χ2v) is 9.36. The summed E-state index contributed by atoms with van der Waals surface area (Å²) in [6.07, 6.45) is 17.8. The van der Waals surface area contributed by atoms with Gasteiger partial charge >= 0.3 is 10.1 Å². The van der Waals surface area contributed by atoms with Crippen molar-refractivity contribution in [3.8, 4) is 0 Å². The summed E-state index contributed by atoms with van der Waals surface area (Å²) in [6.45, 7) is 3.62. The first-order chi connectivity index (χ1) is 12.8. The Balaban J connectivity index is 3.51. The Labute approximate surface area is 167 Å². The van der Waals surface area contributed by atoms with Crippen molar-refractivity contribution in [2.45, 2.75) is 128 Å². The molecule has 27 heavy (non-hydrogen) atoms. The predicted octanol–water partition coefficient (Wildman–Crippen LogP) is 5.80. The number of ketones is 1. The lowest BCUT2D eigenvalue weighted by Gasteiger charge is -2.21. The number of hydrogen-bond acceptors (Lipinski definition) is 4. The monoisotopic (exact) mass is 406 g/mol. The van der Waals surface area contributed by atoms with Crippen LogP contribution in [0.4, 0.5) is 0 Å². The van der Waals surface area contributed by atoms with Gasteiger partial charge in [-0.25, -0.2) is 0 Å². The average Bonchev–Trinajstić information content (AvgIpc) is 2.62. The molecule has 0 saturated heterocycles. The molecule has 0 aliphatic rings. The summed E-state index contributed by atoms with van der Waals surface area (Å²) in [5, 5.41) is 9.85. The Bertz CT molecular complexity index is 475. The molecule has 0 aliphatic carbocycles. The number of unbranched alkanes of at least 4 members (excludes halogenated alkanes) is 14. The van der Waals surface area contributed by atoms with Crippen molar-refractivity contribution < 1.29 is 22.9 Å². The smallest absolute Gasteiger partial charge is 0.302 e. The molecule has 0 aliphatic heterocycles. The van der Waals surface area contributed by atoms with Crippen molar-refractivity contribution in [3.63, 3.8) is 0 Å². The summed E-state index contributed by atoms with van der Waals surface area (Å²) in [5.41, 5.74) is 0. The van der Waals surface area contributed by atoms with E-state index in [0.29, 0.717) is 6.42 Å². The standard InChI is InChI=1S/C21H42O5S/c1-3-5-6-7-8-9-10-11-12-13-14-15-16-17-18-19-20(22)21(23,4-2)27(24,25)26/h23H,3-19H2,1-2H3,(H,24,25,26). The van der Waals surface area contributed by atoms with Gasteiger partial charge in [0.25, 0.3) is 0 Å². The fourth-order valence-electron chi connectivity index (χ4n) is 3.38. The highest BCUT2D eigenvalue weighted by atomic mass is 32.2. The van der Waals surface area contributed by atoms with E-state index >= 15 is 0 Å². The fourth-order valence-corrected chi connectivity index (χ4v) is 4.13. The van der Waals surface area contributed by atoms with Crippen LogP contribution in [0, 0.1) is 0 Å². The summed E-state index contributed by atoms with van der Waals surface area (Å²) in [7, 11) is -4.78. The van der Waals surface area contributed by atoms with Gasteiger partial charge in [-0.15, -0.1) is 0 Å². The van der Waals surface area contributed by atoms with Crippen molar-refractivity contribution in [2.24, 2.45) is 0 Å². The Morgan fingerprint density at radius 3 is 1.33 bits per heavy atom. The molecule has 0 aromatic rings. The van der Waals surface area contributed by atoms with Crippen LogP contribution < -0.4 is 0 Å². The molecule has 0 rings (SSSR count). The van der Waals surface area contributed by atoms with Crippen LogP contribution in [0.25, 0.3) is 0 Å². The molecule has 6 heteroatoms. The second-order valence-electron chi connectivity index (χ2n) is 7.74. The van der Waals surface area contributed by atoms with Crippen LogP contribution in [0.15, 0.2) is 0 Å². The fraction of sp³-hybridized carbons (Fsp3) is 0.952. The van der Waals surface area contributed by atoms with E-state index in [0.717, 1.165) is 19.3 Å². The van der Waals surface area contributed by atoms with Gasteiger partial charge < -0.3 is 5.11 Å². The number of carbonyl (C=O) groups excluding carboxylic acids is 1. The molecule has 0 aromatic heterocycles. The van der Waals surface area contributed by atoms with E-state index in [1.54, 1.807) is 0 Å². The van der Waals surface area contributed by atoms with Crippen LogP contribution in [-0.2, 0) is 14.9 Å². The molecular weight excluding hydrogens is 364 g/mol. The van der Waals surface area contributed by atoms with Crippen LogP contribution in [0.2, 0.25) is 0 Å². The third kappa shape index (κ3) is 11.9. The first-order valence-corrected chi connectivity index (χ1v) is 12.5. The molecule has 1 atom stereocenters. The average molecular weight is 407 g/mol. The van der Waals surface area contributed by atoms with Gasteiger partial charge in [0.15, 0.2) is 5.78 Å². The number of carbonyl (C=O) groups is 1. The lowest BCUT2D eigenvalue weighted by Crippen LogP contribution is -2.45. The first-order valence-electron chi connectivity index (χ1n) is 11.0. The van der Waals surface area contributed by atoms with E-state index in [2.05, 4.69) is 6.92 Å². The third-order valence-corrected chi connectivity index (χ3v) is 6.72. The molecule has 5 nitrogen and oxygen atoms in total. The third-order valence-electron chi connectivity index (χ3n) is 5.35. The lowest BCUT2D eigenvalue weighted by molar-refractivity contribution is -0.130. The Morgan fingerprint density at radius 1 is 0.704 bits per heavy atom. The maximum Gasteiger partial charge on any atom is 0.302 e. The minimum Gasteiger partial charge on any atom is -0.367 e. The van der Waals surface area contributed by atoms with Gasteiger partial charge in [-0.3, -0.25) is 9.35 Å². The summed E-state index contributed by atoms with van der Waals surface area (Å²) in [4.78, 5) is 9.25. The molecule has 0 spiro atoms. The van der Waals surface area contributed by atoms with Gasteiger partial charge in [-0.2, -0.15) is 8.42 Å². The quantitative estimate of drug-likeness (QED) is 0.209. The van der Waals surface area contributed by atoms with Gasteiger partial charge in [-0.1, -0.05) is 104 Å². The number of rotatable bonds is 19. The summed E-state index contributed by atoms with van der Waals surface area (Å²) in [5.74, 6) is -0.804.